The SMILES string of the molecule is CCNc1nc(-c2cnc(C)s2)nc2cccc(C)c12. The quantitative estimate of drug-likeness (QED) is 0.794. The average molecular weight is 284 g/mol. The number of aryl methyl sites for hydroxylation is 2. The molecule has 5 heteroatoms. The van der Waals surface area contributed by atoms with Crippen molar-refractivity contribution in [3.63, 3.8) is 0 Å². The highest BCUT2D eigenvalue weighted by Crippen LogP contribution is 2.29. The van der Waals surface area contributed by atoms with Crippen LogP contribution < -0.4 is 5.32 Å². The van der Waals surface area contributed by atoms with Gasteiger partial charge in [0.1, 0.15) is 5.82 Å². The van der Waals surface area contributed by atoms with Gasteiger partial charge >= 0.3 is 0 Å². The van der Waals surface area contributed by atoms with Gasteiger partial charge in [-0.2, -0.15) is 0 Å². The Balaban J connectivity index is 2.25. The predicted molar refractivity (Wildman–Crippen MR) is 84.3 cm³/mol. The maximum absolute atomic E-state index is 4.68. The Bertz CT molecular complexity index is 764. The van der Waals surface area contributed by atoms with Crippen molar-refractivity contribution in [2.45, 2.75) is 20.8 Å². The van der Waals surface area contributed by atoms with Crippen LogP contribution in [0, 0.1) is 13.8 Å². The largest absolute Gasteiger partial charge is 0.370 e. The summed E-state index contributed by atoms with van der Waals surface area (Å²) in [7, 11) is 0. The summed E-state index contributed by atoms with van der Waals surface area (Å²) in [6.45, 7) is 6.98. The van der Waals surface area contributed by atoms with Crippen molar-refractivity contribution in [3.05, 3.63) is 35.0 Å². The lowest BCUT2D eigenvalue weighted by molar-refractivity contribution is 1.14. The van der Waals surface area contributed by atoms with Gasteiger partial charge in [0.2, 0.25) is 0 Å². The van der Waals surface area contributed by atoms with E-state index in [9.17, 15) is 0 Å². The van der Waals surface area contributed by atoms with Crippen molar-refractivity contribution in [1.82, 2.24) is 15.0 Å². The molecule has 1 aromatic carbocycles. The molecule has 20 heavy (non-hydrogen) atoms. The maximum atomic E-state index is 4.68. The monoisotopic (exact) mass is 284 g/mol. The second kappa shape index (κ2) is 5.17. The second-order valence-corrected chi connectivity index (χ2v) is 5.87. The summed E-state index contributed by atoms with van der Waals surface area (Å²) in [5, 5.41) is 5.46. The summed E-state index contributed by atoms with van der Waals surface area (Å²) >= 11 is 1.62. The zero-order valence-corrected chi connectivity index (χ0v) is 12.6. The third-order valence-electron chi connectivity index (χ3n) is 3.12. The van der Waals surface area contributed by atoms with E-state index in [1.54, 1.807) is 11.3 Å². The van der Waals surface area contributed by atoms with Crippen LogP contribution in [0.2, 0.25) is 0 Å². The van der Waals surface area contributed by atoms with E-state index >= 15 is 0 Å². The minimum atomic E-state index is 0.740. The van der Waals surface area contributed by atoms with Gasteiger partial charge in [0.05, 0.1) is 15.4 Å². The molecule has 102 valence electrons. The highest BCUT2D eigenvalue weighted by atomic mass is 32.1. The Morgan fingerprint density at radius 3 is 2.75 bits per heavy atom. The van der Waals surface area contributed by atoms with Crippen molar-refractivity contribution < 1.29 is 0 Å². The molecule has 1 N–H and O–H groups in total. The van der Waals surface area contributed by atoms with Gasteiger partial charge in [-0.25, -0.2) is 15.0 Å². The molecule has 0 saturated heterocycles. The Kier molecular flexibility index (Phi) is 3.36. The van der Waals surface area contributed by atoms with Gasteiger partial charge in [0, 0.05) is 18.1 Å². The van der Waals surface area contributed by atoms with Crippen molar-refractivity contribution in [2.24, 2.45) is 0 Å². The van der Waals surface area contributed by atoms with E-state index in [1.165, 1.54) is 5.56 Å². The van der Waals surface area contributed by atoms with Crippen molar-refractivity contribution in [2.75, 3.05) is 11.9 Å². The number of aromatic nitrogens is 3. The zero-order valence-electron chi connectivity index (χ0n) is 11.8. The van der Waals surface area contributed by atoms with Gasteiger partial charge in [-0.1, -0.05) is 12.1 Å². The van der Waals surface area contributed by atoms with Crippen LogP contribution in [0.15, 0.2) is 24.4 Å². The Labute approximate surface area is 121 Å². The van der Waals surface area contributed by atoms with E-state index in [4.69, 9.17) is 0 Å². The van der Waals surface area contributed by atoms with Crippen LogP contribution in [0.4, 0.5) is 5.82 Å². The first-order valence-electron chi connectivity index (χ1n) is 6.63. The first-order chi connectivity index (χ1) is 9.69. The van der Waals surface area contributed by atoms with Crippen LogP contribution in [0.5, 0.6) is 0 Å². The van der Waals surface area contributed by atoms with Crippen molar-refractivity contribution in [3.8, 4) is 10.7 Å². The molecule has 0 radical (unpaired) electrons. The molecule has 3 aromatic rings. The number of rotatable bonds is 3. The van der Waals surface area contributed by atoms with Gasteiger partial charge in [-0.15, -0.1) is 11.3 Å². The molecule has 0 aliphatic heterocycles. The van der Waals surface area contributed by atoms with Gasteiger partial charge in [-0.3, -0.25) is 0 Å². The molecule has 0 bridgehead atoms. The fourth-order valence-corrected chi connectivity index (χ4v) is 2.94. The maximum Gasteiger partial charge on any atom is 0.173 e. The van der Waals surface area contributed by atoms with E-state index in [2.05, 4.69) is 40.2 Å². The van der Waals surface area contributed by atoms with Crippen LogP contribution in [-0.4, -0.2) is 21.5 Å². The molecule has 0 aliphatic rings. The molecule has 0 amide bonds. The second-order valence-electron chi connectivity index (χ2n) is 4.64. The zero-order chi connectivity index (χ0) is 14.1. The van der Waals surface area contributed by atoms with E-state index in [0.717, 1.165) is 39.0 Å². The summed E-state index contributed by atoms with van der Waals surface area (Å²) in [6, 6.07) is 6.15. The predicted octanol–water partition coefficient (Wildman–Crippen LogP) is 3.80. The third-order valence-corrected chi connectivity index (χ3v) is 4.03. The lowest BCUT2D eigenvalue weighted by atomic mass is 10.1. The fraction of sp³-hybridized carbons (Fsp3) is 0.267. The summed E-state index contributed by atoms with van der Waals surface area (Å²) < 4.78 is 0. The minimum Gasteiger partial charge on any atom is -0.370 e. The highest BCUT2D eigenvalue weighted by Gasteiger charge is 2.12. The lowest BCUT2D eigenvalue weighted by Crippen LogP contribution is -2.03. The first-order valence-corrected chi connectivity index (χ1v) is 7.44. The molecule has 0 spiro atoms. The van der Waals surface area contributed by atoms with Crippen molar-refractivity contribution in [1.29, 1.82) is 0 Å². The first kappa shape index (κ1) is 13.0. The van der Waals surface area contributed by atoms with Gasteiger partial charge in [0.15, 0.2) is 5.82 Å². The van der Waals surface area contributed by atoms with Crippen LogP contribution in [-0.2, 0) is 0 Å². The topological polar surface area (TPSA) is 50.7 Å². The Hall–Kier alpha value is -2.01. The van der Waals surface area contributed by atoms with Gasteiger partial charge in [0.25, 0.3) is 0 Å². The number of hydrogen-bond donors (Lipinski definition) is 1. The number of benzene rings is 1. The molecule has 0 atom stereocenters. The van der Waals surface area contributed by atoms with E-state index in [0.29, 0.717) is 0 Å². The summed E-state index contributed by atoms with van der Waals surface area (Å²) in [4.78, 5) is 14.7. The van der Waals surface area contributed by atoms with Crippen LogP contribution >= 0.6 is 11.3 Å². The van der Waals surface area contributed by atoms with E-state index in [-0.39, 0.29) is 0 Å². The van der Waals surface area contributed by atoms with Crippen molar-refractivity contribution >= 4 is 28.1 Å². The number of nitrogens with zero attached hydrogens (tertiary/aromatic N) is 3. The highest BCUT2D eigenvalue weighted by molar-refractivity contribution is 7.14. The molecular weight excluding hydrogens is 268 g/mol. The van der Waals surface area contributed by atoms with Crippen LogP contribution in [0.25, 0.3) is 21.6 Å². The molecule has 4 nitrogen and oxygen atoms in total. The molecule has 3 rings (SSSR count). The van der Waals surface area contributed by atoms with E-state index < -0.39 is 0 Å². The molecule has 0 unspecified atom stereocenters. The molecular formula is C15H16N4S. The number of fused-ring (bicyclic) bond motifs is 1. The third kappa shape index (κ3) is 2.25. The number of nitrogens with one attached hydrogen (secondary N) is 1. The molecule has 2 heterocycles. The van der Waals surface area contributed by atoms with E-state index in [1.807, 2.05) is 25.3 Å². The Morgan fingerprint density at radius 1 is 1.20 bits per heavy atom. The summed E-state index contributed by atoms with van der Waals surface area (Å²) in [5.74, 6) is 1.64. The molecule has 0 aliphatic carbocycles. The van der Waals surface area contributed by atoms with Crippen LogP contribution in [0.3, 0.4) is 0 Å². The Morgan fingerprint density at radius 2 is 2.05 bits per heavy atom. The standard InChI is InChI=1S/C15H16N4S/c1-4-16-15-13-9(2)6-5-7-11(13)18-14(19-15)12-8-17-10(3)20-12/h5-8H,4H2,1-3H3,(H,16,18,19). The molecule has 0 saturated carbocycles. The van der Waals surface area contributed by atoms with Gasteiger partial charge < -0.3 is 5.32 Å². The number of thiazole rings is 1. The lowest BCUT2D eigenvalue weighted by Gasteiger charge is -2.10. The number of anilines is 1. The minimum absolute atomic E-state index is 0.740. The molecule has 2 aromatic heterocycles. The normalized spacial score (nSPS) is 10.9. The fourth-order valence-electron chi connectivity index (χ4n) is 2.22. The summed E-state index contributed by atoms with van der Waals surface area (Å²) in [5.41, 5.74) is 2.16. The average Bonchev–Trinajstić information content (AvgIpc) is 2.85. The number of hydrogen-bond acceptors (Lipinski definition) is 5. The molecule has 0 fully saturated rings. The van der Waals surface area contributed by atoms with Crippen LogP contribution in [0.1, 0.15) is 17.5 Å². The summed E-state index contributed by atoms with van der Waals surface area (Å²) in [6.07, 6.45) is 1.84. The smallest absolute Gasteiger partial charge is 0.173 e. The van der Waals surface area contributed by atoms with Gasteiger partial charge in [-0.05, 0) is 32.4 Å².